The van der Waals surface area contributed by atoms with Gasteiger partial charge in [-0.1, -0.05) is 45.1 Å². The Morgan fingerprint density at radius 3 is 1.72 bits per heavy atom. The third-order valence-corrected chi connectivity index (χ3v) is 2.74. The van der Waals surface area contributed by atoms with E-state index in [1.807, 2.05) is 38.1 Å². The molecule has 0 spiro atoms. The standard InChI is InChI=1S/C14H12N2.C2H6/c1-10-6-8-13-14(9-7-10)16-12-5-3-2-4-11(12)15-13;1-2/h2-10H,1H3;1-2H3. The summed E-state index contributed by atoms with van der Waals surface area (Å²) < 4.78 is 0. The number of allylic oxidation sites excluding steroid dienone is 2. The highest BCUT2D eigenvalue weighted by Crippen LogP contribution is 2.19. The maximum Gasteiger partial charge on any atom is 0.0894 e. The largest absolute Gasteiger partial charge is 0.245 e. The van der Waals surface area contributed by atoms with Crippen molar-refractivity contribution in [1.29, 1.82) is 0 Å². The van der Waals surface area contributed by atoms with E-state index >= 15 is 0 Å². The van der Waals surface area contributed by atoms with Gasteiger partial charge in [0.05, 0.1) is 22.4 Å². The lowest BCUT2D eigenvalue weighted by atomic mass is 10.2. The number of aromatic nitrogens is 2. The van der Waals surface area contributed by atoms with E-state index in [2.05, 4.69) is 41.2 Å². The molecule has 1 heterocycles. The second-order valence-electron chi connectivity index (χ2n) is 4.06. The average molecular weight is 238 g/mol. The second kappa shape index (κ2) is 5.58. The smallest absolute Gasteiger partial charge is 0.0894 e. The lowest BCUT2D eigenvalue weighted by Gasteiger charge is -2.01. The van der Waals surface area contributed by atoms with Crippen molar-refractivity contribution in [3.8, 4) is 0 Å². The van der Waals surface area contributed by atoms with Crippen molar-refractivity contribution in [1.82, 2.24) is 9.97 Å². The zero-order valence-electron chi connectivity index (χ0n) is 11.1. The molecule has 0 radical (unpaired) electrons. The van der Waals surface area contributed by atoms with Gasteiger partial charge in [0.1, 0.15) is 0 Å². The Morgan fingerprint density at radius 2 is 1.28 bits per heavy atom. The van der Waals surface area contributed by atoms with Crippen LogP contribution in [0.2, 0.25) is 0 Å². The van der Waals surface area contributed by atoms with E-state index in [1.165, 1.54) is 0 Å². The molecule has 1 aliphatic rings. The van der Waals surface area contributed by atoms with E-state index in [0.717, 1.165) is 22.4 Å². The van der Waals surface area contributed by atoms with E-state index in [9.17, 15) is 0 Å². The van der Waals surface area contributed by atoms with Gasteiger partial charge in [-0.2, -0.15) is 0 Å². The molecule has 0 N–H and O–H groups in total. The van der Waals surface area contributed by atoms with Crippen LogP contribution in [-0.4, -0.2) is 9.97 Å². The first-order valence-corrected chi connectivity index (χ1v) is 6.46. The normalized spacial score (nSPS) is 13.7. The molecule has 18 heavy (non-hydrogen) atoms. The van der Waals surface area contributed by atoms with Crippen LogP contribution in [0.5, 0.6) is 0 Å². The summed E-state index contributed by atoms with van der Waals surface area (Å²) in [7, 11) is 0. The van der Waals surface area contributed by atoms with Gasteiger partial charge in [0.25, 0.3) is 0 Å². The number of hydrogen-bond donors (Lipinski definition) is 0. The molecule has 2 heteroatoms. The summed E-state index contributed by atoms with van der Waals surface area (Å²) in [5, 5.41) is 0. The Labute approximate surface area is 108 Å². The topological polar surface area (TPSA) is 25.8 Å². The van der Waals surface area contributed by atoms with Crippen LogP contribution in [0.3, 0.4) is 0 Å². The molecule has 1 aromatic carbocycles. The molecule has 3 rings (SSSR count). The molecule has 0 unspecified atom stereocenters. The first-order valence-electron chi connectivity index (χ1n) is 6.46. The van der Waals surface area contributed by atoms with E-state index in [-0.39, 0.29) is 0 Å². The first kappa shape index (κ1) is 12.5. The Morgan fingerprint density at radius 1 is 0.833 bits per heavy atom. The van der Waals surface area contributed by atoms with Gasteiger partial charge in [0, 0.05) is 0 Å². The number of rotatable bonds is 0. The van der Waals surface area contributed by atoms with E-state index in [1.54, 1.807) is 0 Å². The molecule has 0 saturated carbocycles. The molecule has 92 valence electrons. The van der Waals surface area contributed by atoms with Gasteiger partial charge in [0.2, 0.25) is 0 Å². The van der Waals surface area contributed by atoms with Crippen LogP contribution in [-0.2, 0) is 0 Å². The second-order valence-corrected chi connectivity index (χ2v) is 4.06. The van der Waals surface area contributed by atoms with Crippen molar-refractivity contribution in [3.05, 3.63) is 47.8 Å². The molecule has 0 saturated heterocycles. The maximum absolute atomic E-state index is 4.61. The van der Waals surface area contributed by atoms with Crippen LogP contribution in [0.4, 0.5) is 0 Å². The molecular weight excluding hydrogens is 220 g/mol. The lowest BCUT2D eigenvalue weighted by molar-refractivity contribution is 0.953. The SMILES string of the molecule is CC.CC1C=Cc2nc3ccccc3nc2C=C1. The minimum atomic E-state index is 0.444. The van der Waals surface area contributed by atoms with Gasteiger partial charge in [-0.15, -0.1) is 0 Å². The quantitative estimate of drug-likeness (QED) is 0.682. The molecule has 0 fully saturated rings. The average Bonchev–Trinajstić information content (AvgIpc) is 2.61. The van der Waals surface area contributed by atoms with Crippen molar-refractivity contribution in [3.63, 3.8) is 0 Å². The molecule has 0 amide bonds. The molecule has 0 bridgehead atoms. The fraction of sp³-hybridized carbons (Fsp3) is 0.250. The van der Waals surface area contributed by atoms with Gasteiger partial charge in [0.15, 0.2) is 0 Å². The highest BCUT2D eigenvalue weighted by atomic mass is 14.8. The molecular formula is C16H18N2. The number of hydrogen-bond acceptors (Lipinski definition) is 2. The third-order valence-electron chi connectivity index (χ3n) is 2.74. The molecule has 1 aromatic heterocycles. The summed E-state index contributed by atoms with van der Waals surface area (Å²) in [4.78, 5) is 9.22. The van der Waals surface area contributed by atoms with Crippen LogP contribution >= 0.6 is 0 Å². The summed E-state index contributed by atoms with van der Waals surface area (Å²) >= 11 is 0. The van der Waals surface area contributed by atoms with E-state index in [4.69, 9.17) is 0 Å². The summed E-state index contributed by atoms with van der Waals surface area (Å²) in [6.45, 7) is 6.15. The Kier molecular flexibility index (Phi) is 3.88. The Bertz CT molecular complexity index is 545. The molecule has 1 aliphatic carbocycles. The highest BCUT2D eigenvalue weighted by Gasteiger charge is 2.06. The zero-order chi connectivity index (χ0) is 13.0. The van der Waals surface area contributed by atoms with Gasteiger partial charge >= 0.3 is 0 Å². The molecule has 2 nitrogen and oxygen atoms in total. The fourth-order valence-electron chi connectivity index (χ4n) is 1.82. The van der Waals surface area contributed by atoms with Crippen LogP contribution in [0.15, 0.2) is 36.4 Å². The van der Waals surface area contributed by atoms with Gasteiger partial charge in [-0.25, -0.2) is 9.97 Å². The predicted octanol–water partition coefficient (Wildman–Crippen LogP) is 4.33. The number of fused-ring (bicyclic) bond motifs is 2. The van der Waals surface area contributed by atoms with Crippen LogP contribution in [0.25, 0.3) is 23.2 Å². The molecule has 0 atom stereocenters. The summed E-state index contributed by atoms with van der Waals surface area (Å²) in [5.74, 6) is 0.444. The number of benzene rings is 1. The Balaban J connectivity index is 0.000000574. The van der Waals surface area contributed by atoms with Crippen molar-refractivity contribution in [2.75, 3.05) is 0 Å². The number of nitrogens with zero attached hydrogens (tertiary/aromatic N) is 2. The highest BCUT2D eigenvalue weighted by molar-refractivity contribution is 5.78. The van der Waals surface area contributed by atoms with Crippen molar-refractivity contribution < 1.29 is 0 Å². The van der Waals surface area contributed by atoms with Crippen LogP contribution in [0, 0.1) is 5.92 Å². The van der Waals surface area contributed by atoms with Crippen molar-refractivity contribution in [2.45, 2.75) is 20.8 Å². The van der Waals surface area contributed by atoms with Gasteiger partial charge < -0.3 is 0 Å². The summed E-state index contributed by atoms with van der Waals surface area (Å²) in [6.07, 6.45) is 8.40. The minimum absolute atomic E-state index is 0.444. The van der Waals surface area contributed by atoms with Gasteiger partial charge in [-0.3, -0.25) is 0 Å². The first-order chi connectivity index (χ1) is 8.83. The predicted molar refractivity (Wildman–Crippen MR) is 78.1 cm³/mol. The van der Waals surface area contributed by atoms with Crippen molar-refractivity contribution >= 4 is 23.2 Å². The molecule has 0 aliphatic heterocycles. The minimum Gasteiger partial charge on any atom is -0.245 e. The lowest BCUT2D eigenvalue weighted by Crippen LogP contribution is -1.92. The molecule has 2 aromatic rings. The summed E-state index contributed by atoms with van der Waals surface area (Å²) in [5.41, 5.74) is 3.82. The van der Waals surface area contributed by atoms with Crippen LogP contribution < -0.4 is 0 Å². The van der Waals surface area contributed by atoms with Crippen LogP contribution in [0.1, 0.15) is 32.2 Å². The van der Waals surface area contributed by atoms with Gasteiger partial charge in [-0.05, 0) is 30.2 Å². The monoisotopic (exact) mass is 238 g/mol. The number of para-hydroxylation sites is 2. The van der Waals surface area contributed by atoms with E-state index < -0.39 is 0 Å². The summed E-state index contributed by atoms with van der Waals surface area (Å²) in [6, 6.07) is 7.97. The Hall–Kier alpha value is -1.96. The van der Waals surface area contributed by atoms with E-state index in [0.29, 0.717) is 5.92 Å². The van der Waals surface area contributed by atoms with Crippen molar-refractivity contribution in [2.24, 2.45) is 5.92 Å². The maximum atomic E-state index is 4.61. The fourth-order valence-corrected chi connectivity index (χ4v) is 1.82. The third kappa shape index (κ3) is 2.48. The zero-order valence-corrected chi connectivity index (χ0v) is 11.1.